The van der Waals surface area contributed by atoms with Crippen LogP contribution in [0.15, 0.2) is 61.3 Å². The van der Waals surface area contributed by atoms with Crippen LogP contribution in [-0.2, 0) is 6.18 Å². The van der Waals surface area contributed by atoms with Gasteiger partial charge in [0, 0.05) is 23.6 Å². The number of ether oxygens (including phenoxy) is 1. The normalized spacial score (nSPS) is 11.3. The summed E-state index contributed by atoms with van der Waals surface area (Å²) in [5.74, 6) is 0.800. The molecule has 33 heavy (non-hydrogen) atoms. The third-order valence-electron chi connectivity index (χ3n) is 4.78. The number of alkyl halides is 3. The van der Waals surface area contributed by atoms with Crippen LogP contribution in [0.2, 0.25) is 0 Å². The van der Waals surface area contributed by atoms with E-state index in [1.807, 2.05) is 18.4 Å². The lowest BCUT2D eigenvalue weighted by Gasteiger charge is -2.09. The molecule has 4 rings (SSSR count). The number of aryl methyl sites for hydroxylation is 1. The Morgan fingerprint density at radius 2 is 1.76 bits per heavy atom. The monoisotopic (exact) mass is 454 g/mol. The second kappa shape index (κ2) is 8.69. The molecule has 11 heteroatoms. The molecule has 0 saturated carbocycles. The summed E-state index contributed by atoms with van der Waals surface area (Å²) in [5.41, 5.74) is 1.21. The molecule has 0 unspecified atom stereocenters. The lowest BCUT2D eigenvalue weighted by atomic mass is 10.2. The summed E-state index contributed by atoms with van der Waals surface area (Å²) < 4.78 is 45.4. The van der Waals surface area contributed by atoms with E-state index in [9.17, 15) is 18.0 Å². The van der Waals surface area contributed by atoms with E-state index in [1.54, 1.807) is 36.7 Å². The molecule has 0 bridgehead atoms. The van der Waals surface area contributed by atoms with Crippen molar-refractivity contribution in [2.24, 2.45) is 0 Å². The minimum absolute atomic E-state index is 0.00173. The summed E-state index contributed by atoms with van der Waals surface area (Å²) in [5, 5.41) is 2.60. The number of nitrogens with one attached hydrogen (secondary N) is 1. The van der Waals surface area contributed by atoms with E-state index >= 15 is 0 Å². The zero-order valence-electron chi connectivity index (χ0n) is 17.5. The molecule has 1 aromatic carbocycles. The maximum absolute atomic E-state index is 12.6. The van der Waals surface area contributed by atoms with Gasteiger partial charge in [-0.25, -0.2) is 15.0 Å². The van der Waals surface area contributed by atoms with Gasteiger partial charge in [-0.15, -0.1) is 0 Å². The number of hydrogen-bond donors (Lipinski definition) is 1. The number of hydrogen-bond acceptors (Lipinski definition) is 6. The van der Waals surface area contributed by atoms with Gasteiger partial charge in [0.05, 0.1) is 11.3 Å². The fourth-order valence-corrected chi connectivity index (χ4v) is 2.87. The number of rotatable bonds is 5. The molecule has 168 valence electrons. The third-order valence-corrected chi connectivity index (χ3v) is 4.78. The van der Waals surface area contributed by atoms with Gasteiger partial charge in [0.1, 0.15) is 29.9 Å². The molecule has 0 spiro atoms. The first-order valence-electron chi connectivity index (χ1n) is 9.66. The van der Waals surface area contributed by atoms with E-state index in [1.165, 1.54) is 6.33 Å². The molecule has 3 heterocycles. The second-order valence-electron chi connectivity index (χ2n) is 7.01. The van der Waals surface area contributed by atoms with Crippen LogP contribution in [0.25, 0.3) is 5.82 Å². The summed E-state index contributed by atoms with van der Waals surface area (Å²) in [6.07, 6.45) is -0.635. The van der Waals surface area contributed by atoms with E-state index in [2.05, 4.69) is 25.3 Å². The highest BCUT2D eigenvalue weighted by atomic mass is 19.4. The Morgan fingerprint density at radius 3 is 2.36 bits per heavy atom. The van der Waals surface area contributed by atoms with E-state index in [0.717, 1.165) is 29.7 Å². The van der Waals surface area contributed by atoms with Crippen LogP contribution in [0.5, 0.6) is 11.6 Å². The van der Waals surface area contributed by atoms with Crippen LogP contribution >= 0.6 is 0 Å². The number of aromatic nitrogens is 5. The maximum atomic E-state index is 12.6. The number of pyridine rings is 1. The topological polar surface area (TPSA) is 94.8 Å². The molecule has 3 aromatic heterocycles. The maximum Gasteiger partial charge on any atom is 0.433 e. The van der Waals surface area contributed by atoms with Crippen molar-refractivity contribution in [1.29, 1.82) is 0 Å². The van der Waals surface area contributed by atoms with Gasteiger partial charge in [-0.1, -0.05) is 0 Å². The molecule has 0 radical (unpaired) electrons. The van der Waals surface area contributed by atoms with E-state index < -0.39 is 17.8 Å². The Labute approximate surface area is 186 Å². The lowest BCUT2D eigenvalue weighted by Crippen LogP contribution is -2.14. The number of imidazole rings is 1. The number of halogens is 3. The van der Waals surface area contributed by atoms with Crippen LogP contribution in [0.3, 0.4) is 0 Å². The van der Waals surface area contributed by atoms with Crippen LogP contribution < -0.4 is 10.1 Å². The Bertz CT molecular complexity index is 1280. The Balaban J connectivity index is 1.42. The van der Waals surface area contributed by atoms with Crippen molar-refractivity contribution < 1.29 is 22.7 Å². The first-order chi connectivity index (χ1) is 15.7. The van der Waals surface area contributed by atoms with Crippen LogP contribution in [-0.4, -0.2) is 30.4 Å². The zero-order chi connectivity index (χ0) is 23.6. The second-order valence-corrected chi connectivity index (χ2v) is 7.01. The van der Waals surface area contributed by atoms with Gasteiger partial charge in [-0.3, -0.25) is 14.3 Å². The third kappa shape index (κ3) is 4.97. The first-order valence-corrected chi connectivity index (χ1v) is 9.66. The molecule has 4 aromatic rings. The molecular weight excluding hydrogens is 437 g/mol. The highest BCUT2D eigenvalue weighted by Crippen LogP contribution is 2.27. The molecule has 1 amide bonds. The first kappa shape index (κ1) is 21.9. The predicted molar refractivity (Wildman–Crippen MR) is 112 cm³/mol. The summed E-state index contributed by atoms with van der Waals surface area (Å²) in [4.78, 5) is 28.1. The van der Waals surface area contributed by atoms with Gasteiger partial charge in [-0.05, 0) is 50.2 Å². The summed E-state index contributed by atoms with van der Waals surface area (Å²) >= 11 is 0. The smallest absolute Gasteiger partial charge is 0.433 e. The highest BCUT2D eigenvalue weighted by Gasteiger charge is 2.32. The van der Waals surface area contributed by atoms with Crippen molar-refractivity contribution in [3.8, 4) is 17.4 Å². The largest absolute Gasteiger partial charge is 0.439 e. The average Bonchev–Trinajstić information content (AvgIpc) is 3.13. The fourth-order valence-electron chi connectivity index (χ4n) is 2.87. The zero-order valence-corrected chi connectivity index (χ0v) is 17.5. The molecule has 0 saturated heterocycles. The SMILES string of the molecule is Cc1ncn(-c2cc(Oc3ccc(NC(=O)c4ccc(C(F)(F)F)nc4)cc3)ncn2)c1C. The molecule has 0 aliphatic heterocycles. The van der Waals surface area contributed by atoms with Gasteiger partial charge >= 0.3 is 6.18 Å². The molecule has 0 atom stereocenters. The van der Waals surface area contributed by atoms with Crippen molar-refractivity contribution in [3.05, 3.63) is 84.0 Å². The van der Waals surface area contributed by atoms with Gasteiger partial charge < -0.3 is 10.1 Å². The van der Waals surface area contributed by atoms with Gasteiger partial charge in [0.2, 0.25) is 5.88 Å². The molecule has 8 nitrogen and oxygen atoms in total. The van der Waals surface area contributed by atoms with Crippen LogP contribution in [0.1, 0.15) is 27.4 Å². The summed E-state index contributed by atoms with van der Waals surface area (Å²) in [6.45, 7) is 3.83. The van der Waals surface area contributed by atoms with Crippen molar-refractivity contribution >= 4 is 11.6 Å². The van der Waals surface area contributed by atoms with Crippen molar-refractivity contribution in [3.63, 3.8) is 0 Å². The molecule has 1 N–H and O–H groups in total. The Kier molecular flexibility index (Phi) is 5.78. The minimum atomic E-state index is -4.56. The van der Waals surface area contributed by atoms with Crippen molar-refractivity contribution in [2.75, 3.05) is 5.32 Å². The Morgan fingerprint density at radius 1 is 1.00 bits per heavy atom. The average molecular weight is 454 g/mol. The van der Waals surface area contributed by atoms with E-state index in [-0.39, 0.29) is 5.56 Å². The Hall–Kier alpha value is -4.28. The molecular formula is C22H17F3N6O2. The van der Waals surface area contributed by atoms with E-state index in [0.29, 0.717) is 23.1 Å². The molecule has 0 aliphatic carbocycles. The number of benzene rings is 1. The predicted octanol–water partition coefficient (Wildman–Crippen LogP) is 4.74. The van der Waals surface area contributed by atoms with E-state index in [4.69, 9.17) is 4.74 Å². The number of carbonyl (C=O) groups excluding carboxylic acids is 1. The summed E-state index contributed by atoms with van der Waals surface area (Å²) in [6, 6.07) is 9.92. The number of carbonyl (C=O) groups is 1. The standard InChI is InChI=1S/C22H17F3N6O2/c1-13-14(2)31(12-29-13)19-9-20(28-11-27-19)33-17-6-4-16(5-7-17)30-21(32)15-3-8-18(26-10-15)22(23,24)25/h3-12H,1-2H3,(H,30,32). The lowest BCUT2D eigenvalue weighted by molar-refractivity contribution is -0.141. The number of nitrogens with zero attached hydrogens (tertiary/aromatic N) is 5. The molecule has 0 fully saturated rings. The van der Waals surface area contributed by atoms with Crippen molar-refractivity contribution in [1.82, 2.24) is 24.5 Å². The minimum Gasteiger partial charge on any atom is -0.439 e. The number of amides is 1. The number of anilines is 1. The van der Waals surface area contributed by atoms with Gasteiger partial charge in [-0.2, -0.15) is 13.2 Å². The van der Waals surface area contributed by atoms with Crippen molar-refractivity contribution in [2.45, 2.75) is 20.0 Å². The summed E-state index contributed by atoms with van der Waals surface area (Å²) in [7, 11) is 0. The molecule has 0 aliphatic rings. The quantitative estimate of drug-likeness (QED) is 0.468. The fraction of sp³-hybridized carbons (Fsp3) is 0.136. The van der Waals surface area contributed by atoms with Gasteiger partial charge in [0.15, 0.2) is 0 Å². The highest BCUT2D eigenvalue weighted by molar-refractivity contribution is 6.04. The van der Waals surface area contributed by atoms with Crippen LogP contribution in [0, 0.1) is 13.8 Å². The van der Waals surface area contributed by atoms with Gasteiger partial charge in [0.25, 0.3) is 5.91 Å². The van der Waals surface area contributed by atoms with Crippen LogP contribution in [0.4, 0.5) is 18.9 Å².